The van der Waals surface area contributed by atoms with E-state index in [1.54, 1.807) is 0 Å². The molecule has 2 aromatic rings. The van der Waals surface area contributed by atoms with E-state index in [4.69, 9.17) is 5.11 Å². The van der Waals surface area contributed by atoms with Gasteiger partial charge in [0.05, 0.1) is 15.9 Å². The van der Waals surface area contributed by atoms with Crippen LogP contribution in [0.15, 0.2) is 26.6 Å². The summed E-state index contributed by atoms with van der Waals surface area (Å²) in [6.07, 6.45) is 0. The number of aromatic nitrogens is 3. The fourth-order valence-corrected chi connectivity index (χ4v) is 2.41. The molecule has 0 amide bonds. The molecule has 0 aliphatic rings. The van der Waals surface area contributed by atoms with E-state index in [9.17, 15) is 18.4 Å². The Morgan fingerprint density at radius 1 is 1.45 bits per heavy atom. The number of carboxylic acid groups (broad SMARTS) is 1. The number of thioether (sulfide) groups is 1. The van der Waals surface area contributed by atoms with Crippen molar-refractivity contribution < 1.29 is 18.7 Å². The van der Waals surface area contributed by atoms with Crippen LogP contribution in [0, 0.1) is 11.6 Å². The first kappa shape index (κ1) is 14.7. The molecule has 1 aromatic heterocycles. The predicted molar refractivity (Wildman–Crippen MR) is 70.2 cm³/mol. The maximum absolute atomic E-state index is 13.8. The molecule has 2 N–H and O–H groups in total. The lowest BCUT2D eigenvalue weighted by atomic mass is 10.3. The van der Waals surface area contributed by atoms with Crippen molar-refractivity contribution in [1.29, 1.82) is 0 Å². The SMILES string of the molecule is O=C(O)CSc1n[nH]c(=O)n1-c1cc(Br)c(F)cc1F. The first-order valence-electron chi connectivity index (χ1n) is 5.07. The van der Waals surface area contributed by atoms with E-state index < -0.39 is 23.3 Å². The summed E-state index contributed by atoms with van der Waals surface area (Å²) in [6, 6.07) is 1.69. The summed E-state index contributed by atoms with van der Waals surface area (Å²) in [5.41, 5.74) is -0.986. The van der Waals surface area contributed by atoms with Crippen LogP contribution in [0.4, 0.5) is 8.78 Å². The molecule has 20 heavy (non-hydrogen) atoms. The van der Waals surface area contributed by atoms with Crippen molar-refractivity contribution in [3.63, 3.8) is 0 Å². The van der Waals surface area contributed by atoms with E-state index in [-0.39, 0.29) is 21.1 Å². The molecule has 0 atom stereocenters. The van der Waals surface area contributed by atoms with Gasteiger partial charge in [-0.05, 0) is 22.0 Å². The molecule has 1 aromatic carbocycles. The van der Waals surface area contributed by atoms with Gasteiger partial charge in [-0.2, -0.15) is 0 Å². The smallest absolute Gasteiger partial charge is 0.348 e. The van der Waals surface area contributed by atoms with Gasteiger partial charge in [0.1, 0.15) is 11.6 Å². The molecular weight excluding hydrogens is 360 g/mol. The van der Waals surface area contributed by atoms with E-state index in [1.807, 2.05) is 0 Å². The number of nitrogens with one attached hydrogen (secondary N) is 1. The van der Waals surface area contributed by atoms with Gasteiger partial charge < -0.3 is 5.11 Å². The highest BCUT2D eigenvalue weighted by Crippen LogP contribution is 2.25. The van der Waals surface area contributed by atoms with Crippen LogP contribution in [0.5, 0.6) is 0 Å². The Bertz CT molecular complexity index is 731. The molecule has 10 heteroatoms. The molecule has 0 unspecified atom stereocenters. The van der Waals surface area contributed by atoms with Crippen molar-refractivity contribution in [3.8, 4) is 5.69 Å². The molecular formula is C10H6BrF2N3O3S. The standard InChI is InChI=1S/C10H6BrF2N3O3S/c11-4-1-7(6(13)2-5(4)12)16-9(19)14-15-10(16)20-3-8(17)18/h1-2H,3H2,(H,14,19)(H,17,18). The molecule has 0 aliphatic carbocycles. The molecule has 2 rings (SSSR count). The van der Waals surface area contributed by atoms with Gasteiger partial charge in [-0.15, -0.1) is 5.10 Å². The zero-order chi connectivity index (χ0) is 14.9. The maximum atomic E-state index is 13.8. The highest BCUT2D eigenvalue weighted by molar-refractivity contribution is 9.10. The third-order valence-electron chi connectivity index (χ3n) is 2.20. The summed E-state index contributed by atoms with van der Waals surface area (Å²) >= 11 is 3.62. The van der Waals surface area contributed by atoms with Crippen LogP contribution < -0.4 is 5.69 Å². The Labute approximate surface area is 122 Å². The van der Waals surface area contributed by atoms with Crippen LogP contribution in [0.1, 0.15) is 0 Å². The Balaban J connectivity index is 2.52. The summed E-state index contributed by atoms with van der Waals surface area (Å²) in [4.78, 5) is 22.2. The zero-order valence-corrected chi connectivity index (χ0v) is 12.0. The summed E-state index contributed by atoms with van der Waals surface area (Å²) in [6.45, 7) is 0. The van der Waals surface area contributed by atoms with Gasteiger partial charge in [0, 0.05) is 6.07 Å². The topological polar surface area (TPSA) is 88.0 Å². The minimum atomic E-state index is -1.11. The van der Waals surface area contributed by atoms with Crippen LogP contribution in [-0.4, -0.2) is 31.6 Å². The van der Waals surface area contributed by atoms with Crippen LogP contribution in [0.3, 0.4) is 0 Å². The number of nitrogens with zero attached hydrogens (tertiary/aromatic N) is 2. The van der Waals surface area contributed by atoms with E-state index >= 15 is 0 Å². The molecule has 6 nitrogen and oxygen atoms in total. The first-order valence-corrected chi connectivity index (χ1v) is 6.85. The first-order chi connectivity index (χ1) is 9.40. The molecule has 0 spiro atoms. The van der Waals surface area contributed by atoms with Crippen LogP contribution in [0.25, 0.3) is 5.69 Å². The monoisotopic (exact) mass is 365 g/mol. The van der Waals surface area contributed by atoms with Gasteiger partial charge in [-0.1, -0.05) is 11.8 Å². The molecule has 0 saturated carbocycles. The van der Waals surface area contributed by atoms with Gasteiger partial charge >= 0.3 is 11.7 Å². The molecule has 0 aliphatic heterocycles. The highest BCUT2D eigenvalue weighted by atomic mass is 79.9. The lowest BCUT2D eigenvalue weighted by Crippen LogP contribution is -2.17. The maximum Gasteiger partial charge on any atom is 0.348 e. The number of rotatable bonds is 4. The van der Waals surface area contributed by atoms with E-state index in [0.29, 0.717) is 6.07 Å². The largest absolute Gasteiger partial charge is 0.481 e. The number of aromatic amines is 1. The number of aliphatic carboxylic acids is 1. The second-order valence-corrected chi connectivity index (χ2v) is 5.34. The molecule has 0 radical (unpaired) electrons. The lowest BCUT2D eigenvalue weighted by molar-refractivity contribution is -0.133. The predicted octanol–water partition coefficient (Wildman–Crippen LogP) is 1.78. The number of carboxylic acids is 1. The van der Waals surface area contributed by atoms with Crippen molar-refractivity contribution >= 4 is 33.7 Å². The summed E-state index contributed by atoms with van der Waals surface area (Å²) in [5, 5.41) is 14.3. The van der Waals surface area contributed by atoms with Crippen molar-refractivity contribution in [2.24, 2.45) is 0 Å². The third kappa shape index (κ3) is 2.90. The second kappa shape index (κ2) is 5.75. The summed E-state index contributed by atoms with van der Waals surface area (Å²) in [7, 11) is 0. The van der Waals surface area contributed by atoms with Gasteiger partial charge in [0.25, 0.3) is 0 Å². The Kier molecular flexibility index (Phi) is 4.23. The molecule has 106 valence electrons. The molecule has 0 fully saturated rings. The molecule has 1 heterocycles. The van der Waals surface area contributed by atoms with Crippen LogP contribution >= 0.6 is 27.7 Å². The minimum absolute atomic E-state index is 0.0313. The molecule has 0 bridgehead atoms. The zero-order valence-electron chi connectivity index (χ0n) is 9.56. The van der Waals surface area contributed by atoms with E-state index in [1.165, 1.54) is 0 Å². The third-order valence-corrected chi connectivity index (χ3v) is 3.73. The van der Waals surface area contributed by atoms with Crippen LogP contribution in [-0.2, 0) is 4.79 Å². The fourth-order valence-electron chi connectivity index (χ4n) is 1.40. The quantitative estimate of drug-likeness (QED) is 0.636. The average Bonchev–Trinajstić information content (AvgIpc) is 2.73. The average molecular weight is 366 g/mol. The van der Waals surface area contributed by atoms with Gasteiger partial charge in [0.15, 0.2) is 5.16 Å². The van der Waals surface area contributed by atoms with E-state index in [0.717, 1.165) is 22.4 Å². The number of hydrogen-bond donors (Lipinski definition) is 2. The number of halogens is 3. The Hall–Kier alpha value is -1.68. The van der Waals surface area contributed by atoms with Crippen molar-refractivity contribution in [2.45, 2.75) is 5.16 Å². The number of carbonyl (C=O) groups is 1. The Morgan fingerprint density at radius 3 is 2.80 bits per heavy atom. The van der Waals surface area contributed by atoms with Gasteiger partial charge in [0.2, 0.25) is 0 Å². The van der Waals surface area contributed by atoms with Crippen molar-refractivity contribution in [3.05, 3.63) is 38.7 Å². The minimum Gasteiger partial charge on any atom is -0.481 e. The number of hydrogen-bond acceptors (Lipinski definition) is 4. The Morgan fingerprint density at radius 2 is 2.15 bits per heavy atom. The second-order valence-electron chi connectivity index (χ2n) is 3.55. The van der Waals surface area contributed by atoms with Crippen molar-refractivity contribution in [2.75, 3.05) is 5.75 Å². The normalized spacial score (nSPS) is 10.8. The number of H-pyrrole nitrogens is 1. The van der Waals surface area contributed by atoms with Gasteiger partial charge in [-0.25, -0.2) is 23.2 Å². The van der Waals surface area contributed by atoms with Crippen molar-refractivity contribution in [1.82, 2.24) is 14.8 Å². The van der Waals surface area contributed by atoms with E-state index in [2.05, 4.69) is 26.1 Å². The fraction of sp³-hybridized carbons (Fsp3) is 0.100. The van der Waals surface area contributed by atoms with Gasteiger partial charge in [-0.3, -0.25) is 4.79 Å². The lowest BCUT2D eigenvalue weighted by Gasteiger charge is -2.07. The molecule has 0 saturated heterocycles. The summed E-state index contributed by atoms with van der Waals surface area (Å²) < 4.78 is 27.7. The highest BCUT2D eigenvalue weighted by Gasteiger charge is 2.17. The summed E-state index contributed by atoms with van der Waals surface area (Å²) in [5.74, 6) is -3.25. The number of benzene rings is 1. The van der Waals surface area contributed by atoms with Crippen LogP contribution in [0.2, 0.25) is 0 Å².